The number of hydrogen-bond donors (Lipinski definition) is 0. The number of benzene rings is 12. The molecular formula is C73H52N2. The second-order valence-corrected chi connectivity index (χ2v) is 19.4. The summed E-state index contributed by atoms with van der Waals surface area (Å²) in [4.78, 5) is 2.36. The van der Waals surface area contributed by atoms with E-state index < -0.39 is 0 Å². The Morgan fingerprint density at radius 3 is 1.51 bits per heavy atom. The number of nitrogens with zero attached hydrogens (tertiary/aromatic N) is 2. The van der Waals surface area contributed by atoms with E-state index >= 15 is 0 Å². The average Bonchev–Trinajstić information content (AvgIpc) is 3.82. The van der Waals surface area contributed by atoms with Crippen LogP contribution in [0.25, 0.3) is 110 Å². The maximum Gasteiger partial charge on any atom is 0.0547 e. The van der Waals surface area contributed by atoms with Crippen molar-refractivity contribution in [2.24, 2.45) is 0 Å². The Hall–Kier alpha value is -9.76. The number of fused-ring (bicyclic) bond motifs is 7. The summed E-state index contributed by atoms with van der Waals surface area (Å²) in [7, 11) is 0. The maximum absolute atomic E-state index is 4.29. The molecule has 0 radical (unpaired) electrons. The molecule has 0 aliphatic carbocycles. The van der Waals surface area contributed by atoms with Crippen LogP contribution in [0.1, 0.15) is 12.5 Å². The van der Waals surface area contributed by atoms with Gasteiger partial charge in [-0.05, 0) is 186 Å². The lowest BCUT2D eigenvalue weighted by Crippen LogP contribution is -2.15. The highest BCUT2D eigenvalue weighted by Gasteiger charge is 2.20. The second-order valence-electron chi connectivity index (χ2n) is 19.4. The van der Waals surface area contributed by atoms with Gasteiger partial charge in [0.25, 0.3) is 0 Å². The molecule has 0 bridgehead atoms. The van der Waals surface area contributed by atoms with Crippen LogP contribution in [0.3, 0.4) is 0 Å². The Balaban J connectivity index is 0.948. The molecule has 0 amide bonds. The van der Waals surface area contributed by atoms with Crippen LogP contribution >= 0.6 is 0 Å². The van der Waals surface area contributed by atoms with E-state index in [-0.39, 0.29) is 0 Å². The predicted octanol–water partition coefficient (Wildman–Crippen LogP) is 20.2. The molecule has 0 saturated heterocycles. The van der Waals surface area contributed by atoms with Gasteiger partial charge in [-0.25, -0.2) is 0 Å². The van der Waals surface area contributed by atoms with Gasteiger partial charge in [-0.2, -0.15) is 0 Å². The molecule has 12 aromatic carbocycles. The third kappa shape index (κ3) is 8.49. The lowest BCUT2D eigenvalue weighted by Gasteiger charge is -2.27. The van der Waals surface area contributed by atoms with E-state index in [9.17, 15) is 0 Å². The lowest BCUT2D eigenvalue weighted by molar-refractivity contribution is 1.18. The second kappa shape index (κ2) is 19.3. The van der Waals surface area contributed by atoms with E-state index in [1.807, 2.05) is 6.08 Å². The third-order valence-electron chi connectivity index (χ3n) is 14.8. The van der Waals surface area contributed by atoms with E-state index in [0.717, 1.165) is 45.0 Å². The van der Waals surface area contributed by atoms with E-state index in [2.05, 4.69) is 302 Å². The van der Waals surface area contributed by atoms with Gasteiger partial charge >= 0.3 is 0 Å². The SMILES string of the molecule is C=C/C=C(\C=C(/C)c1cccc2c1c1cc3ccccc3cc1n2-c1ccccc1)N(c1ccc(-c2cc(-c3ccccc3)cc(-c3ccccc3)c2)cc1)c1ccc(-c2ccc3c(ccc4ccccc43)c2)cc1. The van der Waals surface area contributed by atoms with Crippen molar-refractivity contribution in [1.82, 2.24) is 4.57 Å². The fourth-order valence-corrected chi connectivity index (χ4v) is 11.2. The largest absolute Gasteiger partial charge is 0.310 e. The molecule has 0 aliphatic heterocycles. The van der Waals surface area contributed by atoms with Crippen LogP contribution in [0, 0.1) is 0 Å². The van der Waals surface area contributed by atoms with Gasteiger partial charge in [-0.3, -0.25) is 0 Å². The number of hydrogen-bond acceptors (Lipinski definition) is 1. The summed E-state index contributed by atoms with van der Waals surface area (Å²) in [6.45, 7) is 6.53. The smallest absolute Gasteiger partial charge is 0.0547 e. The van der Waals surface area contributed by atoms with E-state index in [1.54, 1.807) is 0 Å². The van der Waals surface area contributed by atoms with Gasteiger partial charge in [0, 0.05) is 33.5 Å². The molecule has 0 N–H and O–H groups in total. The maximum atomic E-state index is 4.29. The van der Waals surface area contributed by atoms with Crippen molar-refractivity contribution in [2.45, 2.75) is 6.92 Å². The fraction of sp³-hybridized carbons (Fsp3) is 0.0137. The highest BCUT2D eigenvalue weighted by molar-refractivity contribution is 6.17. The van der Waals surface area contributed by atoms with Gasteiger partial charge < -0.3 is 9.47 Å². The topological polar surface area (TPSA) is 8.17 Å². The van der Waals surface area contributed by atoms with Crippen molar-refractivity contribution < 1.29 is 0 Å². The molecule has 0 saturated carbocycles. The zero-order valence-electron chi connectivity index (χ0n) is 41.7. The number of para-hydroxylation sites is 1. The Morgan fingerprint density at radius 2 is 0.880 bits per heavy atom. The number of aromatic nitrogens is 1. The van der Waals surface area contributed by atoms with Crippen LogP contribution in [0.5, 0.6) is 0 Å². The van der Waals surface area contributed by atoms with Crippen molar-refractivity contribution in [1.29, 1.82) is 0 Å². The van der Waals surface area contributed by atoms with Gasteiger partial charge in [-0.15, -0.1) is 0 Å². The summed E-state index contributed by atoms with van der Waals surface area (Å²) in [6.07, 6.45) is 6.37. The molecule has 0 atom stereocenters. The molecule has 13 rings (SSSR count). The summed E-state index contributed by atoms with van der Waals surface area (Å²) < 4.78 is 2.42. The first-order valence-electron chi connectivity index (χ1n) is 25.8. The third-order valence-corrected chi connectivity index (χ3v) is 14.8. The number of allylic oxidation sites excluding steroid dienone is 4. The summed E-state index contributed by atoms with van der Waals surface area (Å²) in [5, 5.41) is 9.92. The van der Waals surface area contributed by atoms with Crippen LogP contribution in [-0.4, -0.2) is 4.57 Å². The number of rotatable bonds is 11. The van der Waals surface area contributed by atoms with Crippen LogP contribution < -0.4 is 4.90 Å². The normalized spacial score (nSPS) is 12.0. The van der Waals surface area contributed by atoms with E-state index in [4.69, 9.17) is 0 Å². The molecule has 354 valence electrons. The monoisotopic (exact) mass is 956 g/mol. The standard InChI is InChI=1S/C73H52N2/c1-3-18-66(43-50(2)67-29-17-30-71-73(67)70-48-56-24-13-14-25-57(56)49-72(70)75(71)63-26-11-6-12-27-63)74(64-38-33-53(34-39-64)58-37-42-69-59(44-58)32-31-55-23-15-16-28-68(55)69)65-40-35-54(36-41-65)62-46-60(51-19-7-4-8-20-51)45-61(47-62)52-21-9-5-10-22-52/h3-49H,1H2,2H3/b50-43+,66-18+. The molecule has 13 aromatic rings. The minimum atomic E-state index is 0.993. The van der Waals surface area contributed by atoms with Crippen LogP contribution in [0.2, 0.25) is 0 Å². The molecule has 0 unspecified atom stereocenters. The molecule has 2 heteroatoms. The Morgan fingerprint density at radius 1 is 0.373 bits per heavy atom. The summed E-state index contributed by atoms with van der Waals surface area (Å²) >= 11 is 0. The van der Waals surface area contributed by atoms with Crippen molar-refractivity contribution in [3.8, 4) is 50.2 Å². The van der Waals surface area contributed by atoms with Gasteiger partial charge in [0.15, 0.2) is 0 Å². The van der Waals surface area contributed by atoms with Gasteiger partial charge in [-0.1, -0.05) is 201 Å². The molecule has 1 heterocycles. The summed E-state index contributed by atoms with van der Waals surface area (Å²) in [5.41, 5.74) is 18.3. The van der Waals surface area contributed by atoms with Crippen molar-refractivity contribution in [3.05, 3.63) is 303 Å². The molecular weight excluding hydrogens is 905 g/mol. The molecule has 2 nitrogen and oxygen atoms in total. The fourth-order valence-electron chi connectivity index (χ4n) is 11.2. The van der Waals surface area contributed by atoms with E-state index in [0.29, 0.717) is 0 Å². The number of anilines is 2. The average molecular weight is 957 g/mol. The Kier molecular flexibility index (Phi) is 11.6. The first-order valence-corrected chi connectivity index (χ1v) is 25.8. The summed E-state index contributed by atoms with van der Waals surface area (Å²) in [6, 6.07) is 97.1. The Labute approximate surface area is 438 Å². The van der Waals surface area contributed by atoms with Crippen LogP contribution in [0.15, 0.2) is 297 Å². The zero-order chi connectivity index (χ0) is 50.2. The first-order chi connectivity index (χ1) is 37.0. The molecule has 1 aromatic heterocycles. The zero-order valence-corrected chi connectivity index (χ0v) is 41.7. The minimum absolute atomic E-state index is 0.993. The van der Waals surface area contributed by atoms with Crippen molar-refractivity contribution >= 4 is 71.1 Å². The van der Waals surface area contributed by atoms with Crippen LogP contribution in [-0.2, 0) is 0 Å². The minimum Gasteiger partial charge on any atom is -0.310 e. The van der Waals surface area contributed by atoms with Crippen molar-refractivity contribution in [3.63, 3.8) is 0 Å². The van der Waals surface area contributed by atoms with Gasteiger partial charge in [0.05, 0.1) is 11.0 Å². The first kappa shape index (κ1) is 45.1. The molecule has 0 aliphatic rings. The van der Waals surface area contributed by atoms with Crippen LogP contribution in [0.4, 0.5) is 11.4 Å². The Bertz CT molecular complexity index is 4270. The summed E-state index contributed by atoms with van der Waals surface area (Å²) in [5.74, 6) is 0. The molecule has 75 heavy (non-hydrogen) atoms. The quantitative estimate of drug-likeness (QED) is 0.0926. The van der Waals surface area contributed by atoms with Gasteiger partial charge in [0.1, 0.15) is 0 Å². The molecule has 0 fully saturated rings. The highest BCUT2D eigenvalue weighted by Crippen LogP contribution is 2.42. The predicted molar refractivity (Wildman–Crippen MR) is 322 cm³/mol. The van der Waals surface area contributed by atoms with Gasteiger partial charge in [0.2, 0.25) is 0 Å². The highest BCUT2D eigenvalue weighted by atomic mass is 15.1. The van der Waals surface area contributed by atoms with Crippen molar-refractivity contribution in [2.75, 3.05) is 4.90 Å². The lowest BCUT2D eigenvalue weighted by atomic mass is 9.93. The molecule has 0 spiro atoms. The van der Waals surface area contributed by atoms with E-state index in [1.165, 1.54) is 87.5 Å².